The lowest BCUT2D eigenvalue weighted by atomic mass is 10.1. The maximum atomic E-state index is 12.2. The lowest BCUT2D eigenvalue weighted by Gasteiger charge is -2.16. The molecule has 5 nitrogen and oxygen atoms in total. The minimum atomic E-state index is -0.0201. The van der Waals surface area contributed by atoms with Crippen LogP contribution in [0.5, 0.6) is 0 Å². The Morgan fingerprint density at radius 3 is 2.61 bits per heavy atom. The number of carbonyl (C=O) groups is 1. The first-order valence-electron chi connectivity index (χ1n) is 9.81. The number of anilines is 1. The number of thioether (sulfide) groups is 1. The van der Waals surface area contributed by atoms with Crippen LogP contribution in [0, 0.1) is 5.92 Å². The van der Waals surface area contributed by atoms with Gasteiger partial charge in [0.2, 0.25) is 0 Å². The molecule has 1 aromatic carbocycles. The molecular weight excluding hydrogens is 392 g/mol. The van der Waals surface area contributed by atoms with Crippen molar-refractivity contribution >= 4 is 35.1 Å². The summed E-state index contributed by atoms with van der Waals surface area (Å²) in [6.45, 7) is 7.06. The van der Waals surface area contributed by atoms with E-state index in [4.69, 9.17) is 11.6 Å². The highest BCUT2D eigenvalue weighted by atomic mass is 35.5. The molecule has 0 saturated carbocycles. The Bertz CT molecular complexity index is 791. The molecule has 0 atom stereocenters. The van der Waals surface area contributed by atoms with Gasteiger partial charge in [-0.25, -0.2) is 9.97 Å². The molecule has 0 bridgehead atoms. The zero-order chi connectivity index (χ0) is 19.9. The van der Waals surface area contributed by atoms with E-state index in [2.05, 4.69) is 34.0 Å². The third-order valence-corrected chi connectivity index (χ3v) is 5.79. The molecule has 1 N–H and O–H groups in total. The molecule has 1 saturated heterocycles. The second kappa shape index (κ2) is 10.1. The second-order valence-electron chi connectivity index (χ2n) is 7.45. The fourth-order valence-corrected chi connectivity index (χ4v) is 4.07. The Labute approximate surface area is 176 Å². The first-order chi connectivity index (χ1) is 13.5. The summed E-state index contributed by atoms with van der Waals surface area (Å²) < 4.78 is 0. The van der Waals surface area contributed by atoms with Crippen molar-refractivity contribution in [2.24, 2.45) is 5.92 Å². The van der Waals surface area contributed by atoms with Crippen LogP contribution in [0.4, 0.5) is 5.82 Å². The molecule has 28 heavy (non-hydrogen) atoms. The molecule has 1 aliphatic heterocycles. The van der Waals surface area contributed by atoms with Crippen LogP contribution in [0.3, 0.4) is 0 Å². The number of nitrogens with one attached hydrogen (secondary N) is 1. The number of carbonyl (C=O) groups excluding carboxylic acids is 1. The number of halogens is 1. The largest absolute Gasteiger partial charge is 0.356 e. The maximum absolute atomic E-state index is 12.2. The van der Waals surface area contributed by atoms with Crippen molar-refractivity contribution in [2.45, 2.75) is 44.0 Å². The molecule has 0 spiro atoms. The first kappa shape index (κ1) is 20.9. The van der Waals surface area contributed by atoms with Crippen molar-refractivity contribution in [1.82, 2.24) is 15.3 Å². The Kier molecular flexibility index (Phi) is 7.57. The van der Waals surface area contributed by atoms with Gasteiger partial charge in [0.25, 0.3) is 5.91 Å². The Morgan fingerprint density at radius 1 is 1.21 bits per heavy atom. The van der Waals surface area contributed by atoms with Crippen LogP contribution in [0.1, 0.15) is 49.0 Å². The molecule has 2 aromatic rings. The quantitative estimate of drug-likeness (QED) is 0.379. The van der Waals surface area contributed by atoms with Gasteiger partial charge in [0.05, 0.1) is 0 Å². The van der Waals surface area contributed by atoms with Crippen molar-refractivity contribution in [3.8, 4) is 0 Å². The van der Waals surface area contributed by atoms with E-state index in [1.54, 1.807) is 11.8 Å². The van der Waals surface area contributed by atoms with Crippen LogP contribution < -0.4 is 10.2 Å². The van der Waals surface area contributed by atoms with Crippen LogP contribution in [0.2, 0.25) is 5.15 Å². The first-order valence-corrected chi connectivity index (χ1v) is 11.2. The highest BCUT2D eigenvalue weighted by Gasteiger charge is 2.15. The number of rotatable bonds is 8. The van der Waals surface area contributed by atoms with Crippen molar-refractivity contribution in [3.63, 3.8) is 0 Å². The molecule has 7 heteroatoms. The minimum Gasteiger partial charge on any atom is -0.356 e. The van der Waals surface area contributed by atoms with Crippen LogP contribution in [0.15, 0.2) is 35.5 Å². The standard InChI is InChI=1S/C21H27ClN4OS/c1-15(2)9-10-23-20(27)17-7-5-16(6-8-17)14-28-21-24-18(22)13-19(25-21)26-11-3-4-12-26/h5-8,13,15H,3-4,9-12,14H2,1-2H3,(H,23,27). The van der Waals surface area contributed by atoms with Gasteiger partial charge in [0, 0.05) is 37.0 Å². The number of amides is 1. The van der Waals surface area contributed by atoms with Gasteiger partial charge in [0.1, 0.15) is 11.0 Å². The van der Waals surface area contributed by atoms with E-state index in [1.807, 2.05) is 30.3 Å². The van der Waals surface area contributed by atoms with Crippen molar-refractivity contribution < 1.29 is 4.79 Å². The number of hydrogen-bond donors (Lipinski definition) is 1. The van der Waals surface area contributed by atoms with Crippen LogP contribution in [-0.2, 0) is 5.75 Å². The predicted molar refractivity (Wildman–Crippen MR) is 116 cm³/mol. The lowest BCUT2D eigenvalue weighted by molar-refractivity contribution is 0.0952. The zero-order valence-electron chi connectivity index (χ0n) is 16.4. The Morgan fingerprint density at radius 2 is 1.93 bits per heavy atom. The normalized spacial score (nSPS) is 13.9. The summed E-state index contributed by atoms with van der Waals surface area (Å²) in [6.07, 6.45) is 3.38. The number of aromatic nitrogens is 2. The summed E-state index contributed by atoms with van der Waals surface area (Å²) in [5, 5.41) is 4.13. The number of nitrogens with zero attached hydrogens (tertiary/aromatic N) is 3. The monoisotopic (exact) mass is 418 g/mol. The Hall–Kier alpha value is -1.79. The van der Waals surface area contributed by atoms with Gasteiger partial charge in [0.15, 0.2) is 5.16 Å². The molecule has 1 aromatic heterocycles. The highest BCUT2D eigenvalue weighted by Crippen LogP contribution is 2.26. The molecule has 0 unspecified atom stereocenters. The van der Waals surface area contributed by atoms with Gasteiger partial charge < -0.3 is 10.2 Å². The summed E-state index contributed by atoms with van der Waals surface area (Å²) in [7, 11) is 0. The SMILES string of the molecule is CC(C)CCNC(=O)c1ccc(CSc2nc(Cl)cc(N3CCCC3)n2)cc1. The molecular formula is C21H27ClN4OS. The number of benzene rings is 1. The molecule has 2 heterocycles. The van der Waals surface area contributed by atoms with Crippen molar-refractivity contribution in [3.05, 3.63) is 46.6 Å². The summed E-state index contributed by atoms with van der Waals surface area (Å²) in [6, 6.07) is 9.54. The predicted octanol–water partition coefficient (Wildman–Crippen LogP) is 4.80. The van der Waals surface area contributed by atoms with Gasteiger partial charge in [-0.05, 0) is 42.9 Å². The van der Waals surface area contributed by atoms with Crippen LogP contribution >= 0.6 is 23.4 Å². The third kappa shape index (κ3) is 6.11. The molecule has 1 amide bonds. The summed E-state index contributed by atoms with van der Waals surface area (Å²) in [5.74, 6) is 2.20. The average Bonchev–Trinajstić information content (AvgIpc) is 3.21. The van der Waals surface area contributed by atoms with E-state index in [9.17, 15) is 4.79 Å². The molecule has 1 aliphatic rings. The van der Waals surface area contributed by atoms with E-state index in [0.717, 1.165) is 36.6 Å². The highest BCUT2D eigenvalue weighted by molar-refractivity contribution is 7.98. The fraction of sp³-hybridized carbons (Fsp3) is 0.476. The summed E-state index contributed by atoms with van der Waals surface area (Å²) >= 11 is 7.75. The molecule has 150 valence electrons. The van der Waals surface area contributed by atoms with Gasteiger partial charge in [-0.2, -0.15) is 0 Å². The molecule has 3 rings (SSSR count). The van der Waals surface area contributed by atoms with E-state index in [0.29, 0.717) is 28.3 Å². The van der Waals surface area contributed by atoms with Crippen LogP contribution in [-0.4, -0.2) is 35.5 Å². The maximum Gasteiger partial charge on any atom is 0.251 e. The molecule has 0 aliphatic carbocycles. The average molecular weight is 419 g/mol. The van der Waals surface area contributed by atoms with E-state index >= 15 is 0 Å². The van der Waals surface area contributed by atoms with Gasteiger partial charge in [-0.3, -0.25) is 4.79 Å². The second-order valence-corrected chi connectivity index (χ2v) is 8.78. The van der Waals surface area contributed by atoms with Crippen LogP contribution in [0.25, 0.3) is 0 Å². The fourth-order valence-electron chi connectivity index (χ4n) is 3.03. The zero-order valence-corrected chi connectivity index (χ0v) is 18.0. The molecule has 0 radical (unpaired) electrons. The summed E-state index contributed by atoms with van der Waals surface area (Å²) in [4.78, 5) is 23.4. The van der Waals surface area contributed by atoms with E-state index in [1.165, 1.54) is 12.8 Å². The van der Waals surface area contributed by atoms with Crippen molar-refractivity contribution in [1.29, 1.82) is 0 Å². The third-order valence-electron chi connectivity index (χ3n) is 4.68. The number of hydrogen-bond acceptors (Lipinski definition) is 5. The van der Waals surface area contributed by atoms with E-state index < -0.39 is 0 Å². The van der Waals surface area contributed by atoms with E-state index in [-0.39, 0.29) is 5.91 Å². The minimum absolute atomic E-state index is 0.0201. The Balaban J connectivity index is 1.55. The van der Waals surface area contributed by atoms with Gasteiger partial charge in [-0.1, -0.05) is 49.3 Å². The van der Waals surface area contributed by atoms with Gasteiger partial charge >= 0.3 is 0 Å². The molecule has 1 fully saturated rings. The van der Waals surface area contributed by atoms with Crippen molar-refractivity contribution in [2.75, 3.05) is 24.5 Å². The topological polar surface area (TPSA) is 58.1 Å². The lowest BCUT2D eigenvalue weighted by Crippen LogP contribution is -2.25. The smallest absolute Gasteiger partial charge is 0.251 e. The van der Waals surface area contributed by atoms with Gasteiger partial charge in [-0.15, -0.1) is 0 Å². The summed E-state index contributed by atoms with van der Waals surface area (Å²) in [5.41, 5.74) is 1.81.